The number of oxazole rings is 1. The van der Waals surface area contributed by atoms with Crippen LogP contribution in [0.3, 0.4) is 0 Å². The quantitative estimate of drug-likeness (QED) is 0.877. The van der Waals surface area contributed by atoms with E-state index in [4.69, 9.17) is 10.2 Å². The molecule has 2 heterocycles. The van der Waals surface area contributed by atoms with Gasteiger partial charge in [0.2, 0.25) is 0 Å². The Kier molecular flexibility index (Phi) is 2.80. The van der Waals surface area contributed by atoms with E-state index in [1.165, 1.54) is 11.1 Å². The smallest absolute Gasteiger partial charge is 0.292 e. The van der Waals surface area contributed by atoms with Crippen LogP contribution in [0, 0.1) is 6.92 Å². The molecule has 0 radical (unpaired) electrons. The number of aryl methyl sites for hydroxylation is 1. The SMILES string of the molecule is Cc1cccc(CN2CCc3oc(N)nc3C2)c1. The summed E-state index contributed by atoms with van der Waals surface area (Å²) in [6.07, 6.45) is 0.894. The van der Waals surface area contributed by atoms with Gasteiger partial charge in [-0.15, -0.1) is 0 Å². The molecule has 2 aromatic rings. The molecule has 0 aliphatic carbocycles. The van der Waals surface area contributed by atoms with E-state index in [2.05, 4.69) is 41.1 Å². The van der Waals surface area contributed by atoms with Crippen molar-refractivity contribution < 1.29 is 4.42 Å². The van der Waals surface area contributed by atoms with E-state index in [9.17, 15) is 0 Å². The third-order valence-corrected chi connectivity index (χ3v) is 3.31. The number of nitrogens with zero attached hydrogens (tertiary/aromatic N) is 2. The maximum Gasteiger partial charge on any atom is 0.292 e. The summed E-state index contributed by atoms with van der Waals surface area (Å²) in [5, 5.41) is 0. The van der Waals surface area contributed by atoms with E-state index in [0.717, 1.165) is 37.5 Å². The molecule has 94 valence electrons. The summed E-state index contributed by atoms with van der Waals surface area (Å²) in [4.78, 5) is 6.60. The molecule has 1 aromatic carbocycles. The first-order valence-electron chi connectivity index (χ1n) is 6.22. The third kappa shape index (κ3) is 2.24. The molecule has 1 aliphatic heterocycles. The average Bonchev–Trinajstić information content (AvgIpc) is 2.68. The highest BCUT2D eigenvalue weighted by molar-refractivity contribution is 5.24. The first-order chi connectivity index (χ1) is 8.70. The average molecular weight is 243 g/mol. The summed E-state index contributed by atoms with van der Waals surface area (Å²) in [5.41, 5.74) is 9.22. The number of nitrogens with two attached hydrogens (primary N) is 1. The Balaban J connectivity index is 1.73. The van der Waals surface area contributed by atoms with Crippen LogP contribution in [0.5, 0.6) is 0 Å². The Labute approximate surface area is 106 Å². The van der Waals surface area contributed by atoms with Crippen LogP contribution >= 0.6 is 0 Å². The van der Waals surface area contributed by atoms with Gasteiger partial charge in [0.25, 0.3) is 6.01 Å². The van der Waals surface area contributed by atoms with Gasteiger partial charge in [0.05, 0.1) is 5.69 Å². The summed E-state index contributed by atoms with van der Waals surface area (Å²) in [6, 6.07) is 8.91. The number of nitrogen functional groups attached to an aromatic ring is 1. The summed E-state index contributed by atoms with van der Waals surface area (Å²) in [7, 11) is 0. The fourth-order valence-corrected chi connectivity index (χ4v) is 2.48. The molecule has 0 amide bonds. The lowest BCUT2D eigenvalue weighted by atomic mass is 10.1. The minimum absolute atomic E-state index is 0.289. The molecule has 0 spiro atoms. The molecule has 0 unspecified atom stereocenters. The highest BCUT2D eigenvalue weighted by atomic mass is 16.4. The van der Waals surface area contributed by atoms with Gasteiger partial charge in [-0.3, -0.25) is 4.90 Å². The van der Waals surface area contributed by atoms with Gasteiger partial charge in [-0.25, -0.2) is 0 Å². The number of fused-ring (bicyclic) bond motifs is 1. The van der Waals surface area contributed by atoms with Crippen LogP contribution in [0.2, 0.25) is 0 Å². The molecule has 2 N–H and O–H groups in total. The van der Waals surface area contributed by atoms with Crippen molar-refractivity contribution in [1.82, 2.24) is 9.88 Å². The summed E-state index contributed by atoms with van der Waals surface area (Å²) in [5.74, 6) is 0.952. The fourth-order valence-electron chi connectivity index (χ4n) is 2.48. The lowest BCUT2D eigenvalue weighted by Gasteiger charge is -2.25. The van der Waals surface area contributed by atoms with Gasteiger partial charge in [-0.2, -0.15) is 4.98 Å². The maximum atomic E-state index is 5.58. The number of benzene rings is 1. The molecule has 4 heteroatoms. The first kappa shape index (κ1) is 11.3. The van der Waals surface area contributed by atoms with E-state index < -0.39 is 0 Å². The van der Waals surface area contributed by atoms with Crippen LogP contribution in [0.15, 0.2) is 28.7 Å². The van der Waals surface area contributed by atoms with Crippen LogP contribution in [-0.4, -0.2) is 16.4 Å². The van der Waals surface area contributed by atoms with Crippen LogP contribution in [0.4, 0.5) is 6.01 Å². The van der Waals surface area contributed by atoms with Gasteiger partial charge in [0.1, 0.15) is 5.76 Å². The molecule has 4 nitrogen and oxygen atoms in total. The topological polar surface area (TPSA) is 55.3 Å². The number of hydrogen-bond donors (Lipinski definition) is 1. The summed E-state index contributed by atoms with van der Waals surface area (Å²) in [6.45, 7) is 4.89. The number of rotatable bonds is 2. The Morgan fingerprint density at radius 1 is 1.44 bits per heavy atom. The van der Waals surface area contributed by atoms with Gasteiger partial charge in [0, 0.05) is 26.1 Å². The van der Waals surface area contributed by atoms with Crippen molar-refractivity contribution in [3.8, 4) is 0 Å². The van der Waals surface area contributed by atoms with Gasteiger partial charge in [-0.1, -0.05) is 29.8 Å². The zero-order chi connectivity index (χ0) is 12.5. The second kappa shape index (κ2) is 4.46. The monoisotopic (exact) mass is 243 g/mol. The van der Waals surface area contributed by atoms with Gasteiger partial charge < -0.3 is 10.2 Å². The predicted molar refractivity (Wildman–Crippen MR) is 69.9 cm³/mol. The van der Waals surface area contributed by atoms with Crippen molar-refractivity contribution in [2.45, 2.75) is 26.4 Å². The fraction of sp³-hybridized carbons (Fsp3) is 0.357. The molecule has 0 saturated carbocycles. The lowest BCUT2D eigenvalue weighted by molar-refractivity contribution is 0.232. The molecular formula is C14H17N3O. The molecule has 3 rings (SSSR count). The second-order valence-corrected chi connectivity index (χ2v) is 4.87. The third-order valence-electron chi connectivity index (χ3n) is 3.31. The van der Waals surface area contributed by atoms with Crippen molar-refractivity contribution in [1.29, 1.82) is 0 Å². The highest BCUT2D eigenvalue weighted by Gasteiger charge is 2.21. The summed E-state index contributed by atoms with van der Waals surface area (Å²) >= 11 is 0. The van der Waals surface area contributed by atoms with E-state index in [1.54, 1.807) is 0 Å². The van der Waals surface area contributed by atoms with E-state index in [-0.39, 0.29) is 6.01 Å². The van der Waals surface area contributed by atoms with Crippen LogP contribution in [-0.2, 0) is 19.5 Å². The summed E-state index contributed by atoms with van der Waals surface area (Å²) < 4.78 is 5.36. The molecule has 18 heavy (non-hydrogen) atoms. The second-order valence-electron chi connectivity index (χ2n) is 4.87. The molecule has 0 bridgehead atoms. The lowest BCUT2D eigenvalue weighted by Crippen LogP contribution is -2.29. The van der Waals surface area contributed by atoms with Crippen LogP contribution < -0.4 is 5.73 Å². The van der Waals surface area contributed by atoms with Gasteiger partial charge in [0.15, 0.2) is 0 Å². The number of aromatic nitrogens is 1. The van der Waals surface area contributed by atoms with Crippen molar-refractivity contribution in [3.05, 3.63) is 46.8 Å². The highest BCUT2D eigenvalue weighted by Crippen LogP contribution is 2.22. The molecule has 1 aliphatic rings. The van der Waals surface area contributed by atoms with E-state index in [1.807, 2.05) is 0 Å². The zero-order valence-corrected chi connectivity index (χ0v) is 10.5. The molecule has 0 atom stereocenters. The van der Waals surface area contributed by atoms with Crippen molar-refractivity contribution in [2.75, 3.05) is 12.3 Å². The first-order valence-corrected chi connectivity index (χ1v) is 6.22. The Hall–Kier alpha value is -1.81. The Morgan fingerprint density at radius 2 is 2.33 bits per heavy atom. The standard InChI is InChI=1S/C14H17N3O/c1-10-3-2-4-11(7-10)8-17-6-5-13-12(9-17)16-14(15)18-13/h2-4,7H,5-6,8-9H2,1H3,(H2,15,16). The molecule has 0 fully saturated rings. The van der Waals surface area contributed by atoms with Crippen LogP contribution in [0.25, 0.3) is 0 Å². The molecular weight excluding hydrogens is 226 g/mol. The Morgan fingerprint density at radius 3 is 3.17 bits per heavy atom. The van der Waals surface area contributed by atoms with Crippen molar-refractivity contribution in [3.63, 3.8) is 0 Å². The van der Waals surface area contributed by atoms with Gasteiger partial charge in [-0.05, 0) is 12.5 Å². The maximum absolute atomic E-state index is 5.58. The van der Waals surface area contributed by atoms with Crippen molar-refractivity contribution in [2.24, 2.45) is 0 Å². The van der Waals surface area contributed by atoms with Gasteiger partial charge >= 0.3 is 0 Å². The largest absolute Gasteiger partial charge is 0.429 e. The normalized spacial score (nSPS) is 15.6. The number of hydrogen-bond acceptors (Lipinski definition) is 4. The van der Waals surface area contributed by atoms with E-state index >= 15 is 0 Å². The van der Waals surface area contributed by atoms with Crippen LogP contribution in [0.1, 0.15) is 22.6 Å². The molecule has 1 aromatic heterocycles. The van der Waals surface area contributed by atoms with E-state index in [0.29, 0.717) is 0 Å². The predicted octanol–water partition coefficient (Wildman–Crippen LogP) is 2.12. The minimum Gasteiger partial charge on any atom is -0.429 e. The zero-order valence-electron chi connectivity index (χ0n) is 10.5. The minimum atomic E-state index is 0.289. The number of anilines is 1. The Bertz CT molecular complexity index is 562. The van der Waals surface area contributed by atoms with Crippen molar-refractivity contribution >= 4 is 6.01 Å². The molecule has 0 saturated heterocycles.